The Hall–Kier alpha value is -2.23. The Labute approximate surface area is 166 Å². The van der Waals surface area contributed by atoms with Crippen LogP contribution in [0.2, 0.25) is 5.02 Å². The number of amides is 1. The number of hydrogen-bond acceptors (Lipinski definition) is 6. The number of methoxy groups -OCH3 is 1. The third-order valence-electron chi connectivity index (χ3n) is 3.62. The molecule has 0 fully saturated rings. The summed E-state index contributed by atoms with van der Waals surface area (Å²) in [6.07, 6.45) is 0. The van der Waals surface area contributed by atoms with E-state index in [-0.39, 0.29) is 16.1 Å². The molecule has 142 valence electrons. The van der Waals surface area contributed by atoms with Crippen LogP contribution in [0.15, 0.2) is 52.4 Å². The van der Waals surface area contributed by atoms with Crippen molar-refractivity contribution in [1.82, 2.24) is 5.32 Å². The molecule has 1 aliphatic rings. The van der Waals surface area contributed by atoms with Crippen LogP contribution in [-0.2, 0) is 10.0 Å². The molecule has 0 aromatic heterocycles. The lowest BCUT2D eigenvalue weighted by Crippen LogP contribution is -2.27. The molecule has 1 aliphatic heterocycles. The summed E-state index contributed by atoms with van der Waals surface area (Å²) in [5, 5.41) is 3.57. The molecule has 0 aliphatic carbocycles. The zero-order valence-corrected chi connectivity index (χ0v) is 16.6. The molecule has 2 aromatic rings. The van der Waals surface area contributed by atoms with Gasteiger partial charge in [0.15, 0.2) is 5.17 Å². The molecule has 0 radical (unpaired) electrons. The van der Waals surface area contributed by atoms with Crippen molar-refractivity contribution >= 4 is 50.1 Å². The summed E-state index contributed by atoms with van der Waals surface area (Å²) >= 11 is 7.38. The number of nitrogens with one attached hydrogen (secondary N) is 2. The highest BCUT2D eigenvalue weighted by Gasteiger charge is 2.19. The van der Waals surface area contributed by atoms with Gasteiger partial charge in [-0.2, -0.15) is 0 Å². The molecule has 1 heterocycles. The van der Waals surface area contributed by atoms with E-state index in [0.717, 1.165) is 5.75 Å². The van der Waals surface area contributed by atoms with Gasteiger partial charge in [0.05, 0.1) is 24.2 Å². The topological polar surface area (TPSA) is 96.9 Å². The van der Waals surface area contributed by atoms with Gasteiger partial charge in [-0.25, -0.2) is 8.42 Å². The number of ether oxygens (including phenoxy) is 1. The Morgan fingerprint density at radius 3 is 2.78 bits per heavy atom. The number of rotatable bonds is 5. The molecule has 27 heavy (non-hydrogen) atoms. The fourth-order valence-corrected chi connectivity index (χ4v) is 4.35. The van der Waals surface area contributed by atoms with Crippen LogP contribution in [0.25, 0.3) is 0 Å². The van der Waals surface area contributed by atoms with Gasteiger partial charge in [0, 0.05) is 16.3 Å². The third kappa shape index (κ3) is 4.74. The van der Waals surface area contributed by atoms with E-state index in [4.69, 9.17) is 16.3 Å². The average molecular weight is 426 g/mol. The number of thioether (sulfide) groups is 1. The van der Waals surface area contributed by atoms with Gasteiger partial charge in [-0.05, 0) is 36.4 Å². The van der Waals surface area contributed by atoms with Crippen LogP contribution in [-0.4, -0.2) is 38.9 Å². The maximum atomic E-state index is 12.7. The smallest absolute Gasteiger partial charge is 0.262 e. The van der Waals surface area contributed by atoms with E-state index in [2.05, 4.69) is 15.0 Å². The molecule has 0 spiro atoms. The van der Waals surface area contributed by atoms with Crippen molar-refractivity contribution in [3.05, 3.63) is 53.1 Å². The van der Waals surface area contributed by atoms with E-state index >= 15 is 0 Å². The van der Waals surface area contributed by atoms with Crippen LogP contribution in [0.3, 0.4) is 0 Å². The normalized spacial score (nSPS) is 13.8. The third-order valence-corrected chi connectivity index (χ3v) is 6.11. The monoisotopic (exact) mass is 425 g/mol. The number of sulfonamides is 1. The first-order valence-electron chi connectivity index (χ1n) is 7.84. The fraction of sp³-hybridized carbons (Fsp3) is 0.176. The van der Waals surface area contributed by atoms with E-state index in [1.807, 2.05) is 0 Å². The molecule has 7 nitrogen and oxygen atoms in total. The Balaban J connectivity index is 1.85. The maximum absolute atomic E-state index is 12.7. The Bertz CT molecular complexity index is 1010. The van der Waals surface area contributed by atoms with Crippen molar-refractivity contribution in [2.75, 3.05) is 24.1 Å². The minimum absolute atomic E-state index is 0.0572. The second kappa shape index (κ2) is 8.20. The fourth-order valence-electron chi connectivity index (χ4n) is 2.35. The van der Waals surface area contributed by atoms with E-state index < -0.39 is 15.9 Å². The minimum Gasteiger partial charge on any atom is -0.495 e. The molecule has 2 aromatic carbocycles. The van der Waals surface area contributed by atoms with Crippen molar-refractivity contribution < 1.29 is 17.9 Å². The van der Waals surface area contributed by atoms with Gasteiger partial charge in [0.1, 0.15) is 5.75 Å². The van der Waals surface area contributed by atoms with Gasteiger partial charge < -0.3 is 10.1 Å². The second-order valence-electron chi connectivity index (χ2n) is 5.47. The van der Waals surface area contributed by atoms with Gasteiger partial charge in [0.2, 0.25) is 0 Å². The predicted molar refractivity (Wildman–Crippen MR) is 107 cm³/mol. The molecular weight excluding hydrogens is 410 g/mol. The van der Waals surface area contributed by atoms with Crippen LogP contribution < -0.4 is 14.8 Å². The molecule has 10 heteroatoms. The van der Waals surface area contributed by atoms with Crippen LogP contribution in [0.5, 0.6) is 5.75 Å². The average Bonchev–Trinajstić information content (AvgIpc) is 3.15. The van der Waals surface area contributed by atoms with E-state index in [1.165, 1.54) is 49.2 Å². The van der Waals surface area contributed by atoms with Crippen LogP contribution in [0.4, 0.5) is 5.69 Å². The first kappa shape index (κ1) is 19.5. The highest BCUT2D eigenvalue weighted by Crippen LogP contribution is 2.30. The van der Waals surface area contributed by atoms with E-state index in [0.29, 0.717) is 22.5 Å². The van der Waals surface area contributed by atoms with Gasteiger partial charge in [-0.15, -0.1) is 0 Å². The van der Waals surface area contributed by atoms with Gasteiger partial charge in [-0.1, -0.05) is 29.4 Å². The summed E-state index contributed by atoms with van der Waals surface area (Å²) in [5.41, 5.74) is 0.419. The number of nitrogens with zero attached hydrogens (tertiary/aromatic N) is 1. The first-order valence-corrected chi connectivity index (χ1v) is 10.7. The molecule has 0 saturated carbocycles. The van der Waals surface area contributed by atoms with Crippen molar-refractivity contribution in [2.45, 2.75) is 4.90 Å². The number of anilines is 1. The number of benzene rings is 2. The summed E-state index contributed by atoms with van der Waals surface area (Å²) < 4.78 is 33.1. The van der Waals surface area contributed by atoms with Gasteiger partial charge >= 0.3 is 0 Å². The largest absolute Gasteiger partial charge is 0.495 e. The van der Waals surface area contributed by atoms with Crippen LogP contribution in [0, 0.1) is 0 Å². The molecule has 3 rings (SSSR count). The maximum Gasteiger partial charge on any atom is 0.262 e. The Kier molecular flexibility index (Phi) is 5.93. The predicted octanol–water partition coefficient (Wildman–Crippen LogP) is 2.98. The van der Waals surface area contributed by atoms with E-state index in [9.17, 15) is 13.2 Å². The highest BCUT2D eigenvalue weighted by atomic mass is 35.5. The van der Waals surface area contributed by atoms with Gasteiger partial charge in [0.25, 0.3) is 15.9 Å². The number of amidine groups is 1. The highest BCUT2D eigenvalue weighted by molar-refractivity contribution is 8.14. The number of carbonyl (C=O) groups is 1. The molecule has 0 atom stereocenters. The number of aliphatic imine (C=N–C) groups is 1. The summed E-state index contributed by atoms with van der Waals surface area (Å²) in [4.78, 5) is 16.4. The number of hydrogen-bond donors (Lipinski definition) is 2. The van der Waals surface area contributed by atoms with Crippen molar-refractivity contribution in [1.29, 1.82) is 0 Å². The number of carbonyl (C=O) groups excluding carboxylic acids is 1. The Morgan fingerprint density at radius 2 is 2.07 bits per heavy atom. The standard InChI is InChI=1S/C17H16ClN3O4S2/c1-25-15-6-5-12(18)10-14(15)21-27(23,24)13-4-2-3-11(9-13)16(22)20-17-19-7-8-26-17/h2-6,9-10,21H,7-8H2,1H3,(H,19,20,22). The lowest BCUT2D eigenvalue weighted by molar-refractivity contribution is 0.0977. The quantitative estimate of drug-likeness (QED) is 0.767. The SMILES string of the molecule is COc1ccc(Cl)cc1NS(=O)(=O)c1cccc(C(=O)NC2=NCCS2)c1. The minimum atomic E-state index is -3.95. The summed E-state index contributed by atoms with van der Waals surface area (Å²) in [6, 6.07) is 10.3. The summed E-state index contributed by atoms with van der Waals surface area (Å²) in [5.74, 6) is 0.726. The molecule has 1 amide bonds. The second-order valence-corrected chi connectivity index (χ2v) is 8.67. The molecule has 2 N–H and O–H groups in total. The van der Waals surface area contributed by atoms with Gasteiger partial charge in [-0.3, -0.25) is 14.5 Å². The van der Waals surface area contributed by atoms with Crippen LogP contribution in [0.1, 0.15) is 10.4 Å². The van der Waals surface area contributed by atoms with Crippen molar-refractivity contribution in [3.63, 3.8) is 0 Å². The first-order chi connectivity index (χ1) is 12.9. The zero-order chi connectivity index (χ0) is 19.4. The lowest BCUT2D eigenvalue weighted by atomic mass is 10.2. The van der Waals surface area contributed by atoms with Crippen LogP contribution >= 0.6 is 23.4 Å². The Morgan fingerprint density at radius 1 is 1.26 bits per heavy atom. The molecule has 0 saturated heterocycles. The van der Waals surface area contributed by atoms with Crippen molar-refractivity contribution in [2.24, 2.45) is 4.99 Å². The lowest BCUT2D eigenvalue weighted by Gasteiger charge is -2.13. The molecular formula is C17H16ClN3O4S2. The molecule has 0 unspecified atom stereocenters. The summed E-state index contributed by atoms with van der Waals surface area (Å²) in [6.45, 7) is 0.653. The zero-order valence-electron chi connectivity index (χ0n) is 14.2. The van der Waals surface area contributed by atoms with Crippen molar-refractivity contribution in [3.8, 4) is 5.75 Å². The summed E-state index contributed by atoms with van der Waals surface area (Å²) in [7, 11) is -2.52. The number of halogens is 1. The molecule has 0 bridgehead atoms. The van der Waals surface area contributed by atoms with E-state index in [1.54, 1.807) is 12.1 Å².